The van der Waals surface area contributed by atoms with Crippen LogP contribution in [0.5, 0.6) is 0 Å². The third-order valence-corrected chi connectivity index (χ3v) is 9.75. The fourth-order valence-electron chi connectivity index (χ4n) is 6.18. The quantitative estimate of drug-likeness (QED) is 0.592. The first-order chi connectivity index (χ1) is 15.6. The fourth-order valence-corrected chi connectivity index (χ4v) is 8.57. The number of hydrogen-bond donors (Lipinski definition) is 2. The number of thioether (sulfide) groups is 1. The predicted octanol–water partition coefficient (Wildman–Crippen LogP) is 2.63. The number of aliphatic carboxylic acids is 1. The molecule has 0 aromatic heterocycles. The van der Waals surface area contributed by atoms with E-state index in [1.807, 2.05) is 39.0 Å². The van der Waals surface area contributed by atoms with Crippen molar-refractivity contribution in [3.63, 3.8) is 0 Å². The summed E-state index contributed by atoms with van der Waals surface area (Å²) in [6.07, 6.45) is 2.32. The molecule has 33 heavy (non-hydrogen) atoms. The van der Waals surface area contributed by atoms with Crippen molar-refractivity contribution in [3.8, 4) is 0 Å². The summed E-state index contributed by atoms with van der Waals surface area (Å²) in [5, 5.41) is 19.8. The Morgan fingerprint density at radius 1 is 1.39 bits per heavy atom. The molecule has 7 atom stereocenters. The number of carbonyl (C=O) groups is 3. The molecule has 2 bridgehead atoms. The van der Waals surface area contributed by atoms with Gasteiger partial charge in [-0.05, 0) is 50.3 Å². The average Bonchev–Trinajstić information content (AvgIpc) is 3.36. The third kappa shape index (κ3) is 3.33. The number of likely N-dealkylation sites (tertiary alicyclic amines) is 1. The molecule has 0 radical (unpaired) electrons. The molecule has 3 saturated heterocycles. The topological polar surface area (TPSA) is 98.2 Å². The van der Waals surface area contributed by atoms with E-state index in [0.717, 1.165) is 16.8 Å². The maximum Gasteiger partial charge on any atom is 0.308 e. The maximum atomic E-state index is 14.4. The number of carboxylic acid groups (broad SMARTS) is 1. The Balaban J connectivity index is 1.87. The zero-order chi connectivity index (χ0) is 24.2. The van der Waals surface area contributed by atoms with Gasteiger partial charge in [-0.15, -0.1) is 18.3 Å². The molecule has 2 amide bonds. The number of hydrogen-bond acceptors (Lipinski definition) is 5. The number of rotatable bonds is 7. The van der Waals surface area contributed by atoms with Crippen LogP contribution in [0.1, 0.15) is 31.4 Å². The summed E-state index contributed by atoms with van der Waals surface area (Å²) in [6.45, 7) is 11.4. The van der Waals surface area contributed by atoms with Gasteiger partial charge in [0.15, 0.2) is 0 Å². The van der Waals surface area contributed by atoms with Crippen molar-refractivity contribution in [2.75, 3.05) is 18.1 Å². The van der Waals surface area contributed by atoms with Gasteiger partial charge >= 0.3 is 5.97 Å². The molecule has 0 aliphatic carbocycles. The van der Waals surface area contributed by atoms with E-state index in [1.54, 1.807) is 17.9 Å². The lowest BCUT2D eigenvalue weighted by molar-refractivity contribution is -0.149. The highest BCUT2D eigenvalue weighted by Gasteiger charge is 2.76. The molecule has 3 aliphatic rings. The standard InChI is InChI=1S/C25H32N2O5S/c1-6-9-26(17-10-13(2)7-8-14(17)3)23(30)21-25-15(4)11-18(33-25)19(24(31)32)20(25)22(29)27(21)16(5)12-28/h6-8,10,15-16,18-21,28H,1,9,11-12H2,2-5H3,(H,31,32)/t15?,16-,18-,19+,20+,21?,25?/m1/s1. The van der Waals surface area contributed by atoms with Gasteiger partial charge in [-0.25, -0.2) is 0 Å². The average molecular weight is 473 g/mol. The molecule has 1 aromatic rings. The van der Waals surface area contributed by atoms with Gasteiger partial charge in [0, 0.05) is 17.5 Å². The van der Waals surface area contributed by atoms with E-state index in [4.69, 9.17) is 0 Å². The van der Waals surface area contributed by atoms with Crippen LogP contribution in [-0.4, -0.2) is 68.1 Å². The minimum atomic E-state index is -0.984. The summed E-state index contributed by atoms with van der Waals surface area (Å²) in [5.74, 6) is -3.17. The molecule has 8 heteroatoms. The van der Waals surface area contributed by atoms with E-state index < -0.39 is 34.6 Å². The number of benzene rings is 1. The number of aliphatic hydroxyl groups is 1. The fraction of sp³-hybridized carbons (Fsp3) is 0.560. The number of anilines is 1. The molecular weight excluding hydrogens is 440 g/mol. The van der Waals surface area contributed by atoms with E-state index in [0.29, 0.717) is 6.42 Å². The highest BCUT2D eigenvalue weighted by molar-refractivity contribution is 8.02. The zero-order valence-corrected chi connectivity index (χ0v) is 20.3. The molecule has 3 aliphatic heterocycles. The van der Waals surface area contributed by atoms with Crippen LogP contribution in [0.4, 0.5) is 5.69 Å². The normalized spacial score (nSPS) is 33.2. The molecule has 3 fully saturated rings. The third-order valence-electron chi connectivity index (χ3n) is 7.67. The van der Waals surface area contributed by atoms with Crippen LogP contribution in [0.25, 0.3) is 0 Å². The second-order valence-electron chi connectivity index (χ2n) is 9.70. The van der Waals surface area contributed by atoms with Crippen molar-refractivity contribution in [2.24, 2.45) is 17.8 Å². The minimum Gasteiger partial charge on any atom is -0.481 e. The summed E-state index contributed by atoms with van der Waals surface area (Å²) in [6, 6.07) is 4.44. The number of carbonyl (C=O) groups excluding carboxylic acids is 2. The van der Waals surface area contributed by atoms with Crippen LogP contribution < -0.4 is 4.90 Å². The zero-order valence-electron chi connectivity index (χ0n) is 19.5. The predicted molar refractivity (Wildman–Crippen MR) is 128 cm³/mol. The Labute approximate surface area is 198 Å². The van der Waals surface area contributed by atoms with Crippen LogP contribution in [0.2, 0.25) is 0 Å². The van der Waals surface area contributed by atoms with Gasteiger partial charge in [0.1, 0.15) is 6.04 Å². The molecule has 2 N–H and O–H groups in total. The highest BCUT2D eigenvalue weighted by atomic mass is 32.2. The van der Waals surface area contributed by atoms with Gasteiger partial charge in [-0.2, -0.15) is 0 Å². The number of carboxylic acids is 1. The van der Waals surface area contributed by atoms with Gasteiger partial charge in [-0.1, -0.05) is 25.1 Å². The molecule has 1 spiro atoms. The highest BCUT2D eigenvalue weighted by Crippen LogP contribution is 2.68. The van der Waals surface area contributed by atoms with Crippen LogP contribution >= 0.6 is 11.8 Å². The van der Waals surface area contributed by atoms with Crippen LogP contribution in [0, 0.1) is 31.6 Å². The molecule has 178 valence electrons. The Morgan fingerprint density at radius 2 is 2.09 bits per heavy atom. The van der Waals surface area contributed by atoms with Gasteiger partial charge in [0.05, 0.1) is 29.2 Å². The van der Waals surface area contributed by atoms with Gasteiger partial charge in [-0.3, -0.25) is 14.4 Å². The smallest absolute Gasteiger partial charge is 0.308 e. The van der Waals surface area contributed by atoms with Crippen molar-refractivity contribution in [3.05, 3.63) is 42.0 Å². The molecule has 7 nitrogen and oxygen atoms in total. The molecule has 0 saturated carbocycles. The first kappa shape index (κ1) is 23.8. The van der Waals surface area contributed by atoms with Gasteiger partial charge in [0.25, 0.3) is 5.91 Å². The van der Waals surface area contributed by atoms with Gasteiger partial charge < -0.3 is 20.0 Å². The lowest BCUT2D eigenvalue weighted by Gasteiger charge is -2.41. The Morgan fingerprint density at radius 3 is 2.70 bits per heavy atom. The largest absolute Gasteiger partial charge is 0.481 e. The van der Waals surface area contributed by atoms with E-state index in [-0.39, 0.29) is 36.1 Å². The molecule has 3 unspecified atom stereocenters. The van der Waals surface area contributed by atoms with E-state index in [1.165, 1.54) is 16.7 Å². The SMILES string of the molecule is C=CCN(C(=O)C1N([C@H](C)CO)C(=O)[C@@H]2[C@@H](C(=O)O)[C@H]3CC(C)C12S3)c1cc(C)ccc1C. The second-order valence-corrected chi connectivity index (χ2v) is 11.2. The van der Waals surface area contributed by atoms with E-state index in [9.17, 15) is 24.6 Å². The number of aryl methyl sites for hydroxylation is 2. The lowest BCUT2D eigenvalue weighted by Crippen LogP contribution is -2.59. The Kier molecular flexibility index (Phi) is 6.12. The summed E-state index contributed by atoms with van der Waals surface area (Å²) in [7, 11) is 0. The number of amides is 2. The Bertz CT molecular complexity index is 1010. The molecule has 3 heterocycles. The van der Waals surface area contributed by atoms with Crippen LogP contribution in [0.15, 0.2) is 30.9 Å². The summed E-state index contributed by atoms with van der Waals surface area (Å²) in [5.41, 5.74) is 2.69. The first-order valence-electron chi connectivity index (χ1n) is 11.4. The van der Waals surface area contributed by atoms with Crippen molar-refractivity contribution in [2.45, 2.75) is 56.2 Å². The van der Waals surface area contributed by atoms with Crippen LogP contribution in [0.3, 0.4) is 0 Å². The lowest BCUT2D eigenvalue weighted by atomic mass is 9.66. The molecule has 1 aromatic carbocycles. The van der Waals surface area contributed by atoms with Crippen molar-refractivity contribution in [1.82, 2.24) is 4.90 Å². The summed E-state index contributed by atoms with van der Waals surface area (Å²) >= 11 is 1.51. The summed E-state index contributed by atoms with van der Waals surface area (Å²) < 4.78 is -0.831. The van der Waals surface area contributed by atoms with Crippen molar-refractivity contribution in [1.29, 1.82) is 0 Å². The molecular formula is C25H32N2O5S. The second kappa shape index (κ2) is 8.47. The molecule has 4 rings (SSSR count). The van der Waals surface area contributed by atoms with E-state index >= 15 is 0 Å². The van der Waals surface area contributed by atoms with Crippen LogP contribution in [-0.2, 0) is 14.4 Å². The van der Waals surface area contributed by atoms with Crippen molar-refractivity contribution < 1.29 is 24.6 Å². The maximum absolute atomic E-state index is 14.4. The van der Waals surface area contributed by atoms with Crippen molar-refractivity contribution >= 4 is 35.2 Å². The Hall–Kier alpha value is -2.32. The number of aliphatic hydroxyl groups excluding tert-OH is 1. The number of nitrogens with zero attached hydrogens (tertiary/aromatic N) is 2. The monoisotopic (exact) mass is 472 g/mol. The minimum absolute atomic E-state index is 0.00826. The van der Waals surface area contributed by atoms with E-state index in [2.05, 4.69) is 6.58 Å². The number of fused-ring (bicyclic) bond motifs is 1. The summed E-state index contributed by atoms with van der Waals surface area (Å²) in [4.78, 5) is 43.4. The van der Waals surface area contributed by atoms with Gasteiger partial charge in [0.2, 0.25) is 5.91 Å². The first-order valence-corrected chi connectivity index (χ1v) is 12.3.